The van der Waals surface area contributed by atoms with Gasteiger partial charge in [-0.1, -0.05) is 30.4 Å². The Morgan fingerprint density at radius 3 is 3.00 bits per heavy atom. The highest BCUT2D eigenvalue weighted by molar-refractivity contribution is 5.79. The number of fused-ring (bicyclic) bond motifs is 3. The summed E-state index contributed by atoms with van der Waals surface area (Å²) in [6, 6.07) is 7.31. The summed E-state index contributed by atoms with van der Waals surface area (Å²) in [5.41, 5.74) is 2.11. The van der Waals surface area contributed by atoms with Gasteiger partial charge < -0.3 is 15.2 Å². The third-order valence-electron chi connectivity index (χ3n) is 3.53. The molecule has 1 aromatic carbocycles. The van der Waals surface area contributed by atoms with E-state index < -0.39 is 12.0 Å². The Morgan fingerprint density at radius 2 is 2.19 bits per heavy atom. The van der Waals surface area contributed by atoms with E-state index in [2.05, 4.69) is 23.5 Å². The molecule has 3 unspecified atom stereocenters. The molecule has 1 heterocycles. The predicted molar refractivity (Wildman–Crippen MR) is 58.8 cm³/mol. The number of nitrogens with one attached hydrogen (secondary N) is 1. The van der Waals surface area contributed by atoms with Crippen molar-refractivity contribution in [3.05, 3.63) is 42.0 Å². The molecule has 0 bridgehead atoms. The number of hydrogen-bond acceptors (Lipinski definition) is 3. The zero-order valence-electron chi connectivity index (χ0n) is 8.72. The van der Waals surface area contributed by atoms with Gasteiger partial charge in [-0.05, 0) is 24.0 Å². The summed E-state index contributed by atoms with van der Waals surface area (Å²) in [6.07, 6.45) is 4.99. The number of carboxylic acids is 1. The molecule has 1 aromatic rings. The second-order valence-corrected chi connectivity index (χ2v) is 4.38. The van der Waals surface area contributed by atoms with Gasteiger partial charge in [0.05, 0.1) is 12.0 Å². The van der Waals surface area contributed by atoms with Crippen molar-refractivity contribution in [2.45, 2.75) is 18.4 Å². The molecule has 82 valence electrons. The standard InChI is InChI=1S/C13H13NO2/c15-13(16)12-10-6-3-5-8(10)9-4-1-2-7-11(9)14-12/h1-5,7-8,10,12,14H,6H2,(H,15,16)/p-1. The van der Waals surface area contributed by atoms with Crippen LogP contribution in [0.2, 0.25) is 0 Å². The first-order valence-corrected chi connectivity index (χ1v) is 5.50. The lowest BCUT2D eigenvalue weighted by atomic mass is 9.79. The second kappa shape index (κ2) is 3.37. The van der Waals surface area contributed by atoms with Crippen molar-refractivity contribution in [3.63, 3.8) is 0 Å². The quantitative estimate of drug-likeness (QED) is 0.706. The van der Waals surface area contributed by atoms with E-state index in [1.165, 1.54) is 5.56 Å². The maximum atomic E-state index is 11.1. The number of rotatable bonds is 1. The minimum atomic E-state index is -1.01. The summed E-state index contributed by atoms with van der Waals surface area (Å²) in [4.78, 5) is 11.1. The summed E-state index contributed by atoms with van der Waals surface area (Å²) >= 11 is 0. The number of allylic oxidation sites excluding steroid dienone is 2. The number of carbonyl (C=O) groups is 1. The number of aliphatic carboxylic acids is 1. The smallest absolute Gasteiger partial charge is 0.0698 e. The van der Waals surface area contributed by atoms with E-state index in [1.54, 1.807) is 0 Å². The molecule has 3 atom stereocenters. The average Bonchev–Trinajstić information content (AvgIpc) is 2.76. The largest absolute Gasteiger partial charge is 0.548 e. The van der Waals surface area contributed by atoms with Crippen molar-refractivity contribution in [3.8, 4) is 0 Å². The van der Waals surface area contributed by atoms with E-state index in [0.717, 1.165) is 12.1 Å². The van der Waals surface area contributed by atoms with Crippen LogP contribution in [0.25, 0.3) is 0 Å². The number of hydrogen-bond donors (Lipinski definition) is 1. The van der Waals surface area contributed by atoms with Gasteiger partial charge in [-0.3, -0.25) is 0 Å². The maximum absolute atomic E-state index is 11.1. The molecule has 0 saturated carbocycles. The Morgan fingerprint density at radius 1 is 1.38 bits per heavy atom. The Kier molecular flexibility index (Phi) is 1.99. The molecular formula is C13H12NO2-. The summed E-state index contributed by atoms with van der Waals surface area (Å²) < 4.78 is 0. The lowest BCUT2D eigenvalue weighted by Crippen LogP contribution is -2.48. The third-order valence-corrected chi connectivity index (χ3v) is 3.53. The second-order valence-electron chi connectivity index (χ2n) is 4.38. The molecule has 0 aromatic heterocycles. The van der Waals surface area contributed by atoms with E-state index >= 15 is 0 Å². The van der Waals surface area contributed by atoms with Gasteiger partial charge in [0.1, 0.15) is 0 Å². The number of anilines is 1. The van der Waals surface area contributed by atoms with E-state index in [-0.39, 0.29) is 11.8 Å². The van der Waals surface area contributed by atoms with Crippen molar-refractivity contribution in [2.75, 3.05) is 5.32 Å². The van der Waals surface area contributed by atoms with Crippen LogP contribution in [-0.4, -0.2) is 12.0 Å². The number of carbonyl (C=O) groups excluding carboxylic acids is 1. The SMILES string of the molecule is O=C([O-])C1Nc2ccccc2C2C=CCC12. The van der Waals surface area contributed by atoms with Crippen LogP contribution in [0.5, 0.6) is 0 Å². The molecule has 2 aliphatic rings. The van der Waals surface area contributed by atoms with Gasteiger partial charge in [-0.25, -0.2) is 0 Å². The molecule has 1 aliphatic heterocycles. The Labute approximate surface area is 93.8 Å². The molecule has 1 N–H and O–H groups in total. The summed E-state index contributed by atoms with van der Waals surface area (Å²) in [5.74, 6) is -0.687. The van der Waals surface area contributed by atoms with Gasteiger partial charge in [-0.15, -0.1) is 0 Å². The van der Waals surface area contributed by atoms with Crippen molar-refractivity contribution >= 4 is 11.7 Å². The van der Waals surface area contributed by atoms with Crippen LogP contribution in [0, 0.1) is 5.92 Å². The van der Waals surface area contributed by atoms with Gasteiger partial charge in [0.15, 0.2) is 0 Å². The van der Waals surface area contributed by atoms with Crippen molar-refractivity contribution < 1.29 is 9.90 Å². The fraction of sp³-hybridized carbons (Fsp3) is 0.308. The van der Waals surface area contributed by atoms with Crippen LogP contribution in [0.4, 0.5) is 5.69 Å². The highest BCUT2D eigenvalue weighted by Crippen LogP contribution is 2.44. The molecule has 3 heteroatoms. The first-order chi connectivity index (χ1) is 7.77. The number of para-hydroxylation sites is 1. The molecule has 3 rings (SSSR count). The van der Waals surface area contributed by atoms with Crippen LogP contribution < -0.4 is 10.4 Å². The third kappa shape index (κ3) is 1.24. The zero-order chi connectivity index (χ0) is 11.1. The lowest BCUT2D eigenvalue weighted by Gasteiger charge is -2.37. The Balaban J connectivity index is 2.08. The van der Waals surface area contributed by atoms with Crippen molar-refractivity contribution in [1.82, 2.24) is 0 Å². The van der Waals surface area contributed by atoms with Crippen molar-refractivity contribution in [2.24, 2.45) is 5.92 Å². The molecule has 0 spiro atoms. The maximum Gasteiger partial charge on any atom is 0.0698 e. The van der Waals surface area contributed by atoms with Crippen LogP contribution in [0.15, 0.2) is 36.4 Å². The van der Waals surface area contributed by atoms with E-state index in [1.807, 2.05) is 18.2 Å². The number of benzene rings is 1. The van der Waals surface area contributed by atoms with Gasteiger partial charge in [-0.2, -0.15) is 0 Å². The lowest BCUT2D eigenvalue weighted by molar-refractivity contribution is -0.308. The average molecular weight is 214 g/mol. The van der Waals surface area contributed by atoms with Crippen molar-refractivity contribution in [1.29, 1.82) is 0 Å². The summed E-state index contributed by atoms with van der Waals surface area (Å²) in [6.45, 7) is 0. The summed E-state index contributed by atoms with van der Waals surface area (Å²) in [7, 11) is 0. The molecule has 0 amide bonds. The molecule has 0 radical (unpaired) electrons. The van der Waals surface area contributed by atoms with E-state index in [4.69, 9.17) is 0 Å². The summed E-state index contributed by atoms with van der Waals surface area (Å²) in [5, 5.41) is 14.2. The van der Waals surface area contributed by atoms with Gasteiger partial charge >= 0.3 is 0 Å². The molecule has 16 heavy (non-hydrogen) atoms. The van der Waals surface area contributed by atoms with Crippen LogP contribution in [0.3, 0.4) is 0 Å². The molecule has 0 fully saturated rings. The minimum absolute atomic E-state index is 0.0971. The first-order valence-electron chi connectivity index (χ1n) is 5.50. The van der Waals surface area contributed by atoms with E-state index in [0.29, 0.717) is 0 Å². The highest BCUT2D eigenvalue weighted by atomic mass is 16.4. The molecule has 3 nitrogen and oxygen atoms in total. The molecular weight excluding hydrogens is 202 g/mol. The fourth-order valence-corrected chi connectivity index (χ4v) is 2.78. The minimum Gasteiger partial charge on any atom is -0.548 e. The van der Waals surface area contributed by atoms with E-state index in [9.17, 15) is 9.90 Å². The topological polar surface area (TPSA) is 52.2 Å². The fourth-order valence-electron chi connectivity index (χ4n) is 2.78. The Hall–Kier alpha value is -1.77. The van der Waals surface area contributed by atoms with Gasteiger partial charge in [0.2, 0.25) is 0 Å². The first kappa shape index (κ1) is 9.46. The van der Waals surface area contributed by atoms with Crippen LogP contribution in [0.1, 0.15) is 17.9 Å². The zero-order valence-corrected chi connectivity index (χ0v) is 8.72. The molecule has 0 saturated heterocycles. The molecule has 1 aliphatic carbocycles. The van der Waals surface area contributed by atoms with Gasteiger partial charge in [0, 0.05) is 11.6 Å². The highest BCUT2D eigenvalue weighted by Gasteiger charge is 2.37. The monoisotopic (exact) mass is 214 g/mol. The van der Waals surface area contributed by atoms with Gasteiger partial charge in [0.25, 0.3) is 0 Å². The Bertz CT molecular complexity index is 467. The normalized spacial score (nSPS) is 30.4. The van der Waals surface area contributed by atoms with Crippen LogP contribution >= 0.6 is 0 Å². The van der Waals surface area contributed by atoms with Crippen LogP contribution in [-0.2, 0) is 4.79 Å². The predicted octanol–water partition coefficient (Wildman–Crippen LogP) is 0.890. The number of carboxylic acid groups (broad SMARTS) is 1.